The highest BCUT2D eigenvalue weighted by atomic mass is 35.5. The SMILES string of the molecule is COc1ccc(Cl)c2sc(N(CCCN3CCOCC3)C(=O)CCCS(=O)(=O)c3ccc(Cl)cc3)nc12.Cl. The van der Waals surface area contributed by atoms with Crippen LogP contribution in [0.25, 0.3) is 10.2 Å². The minimum atomic E-state index is -3.52. The molecule has 2 aromatic carbocycles. The summed E-state index contributed by atoms with van der Waals surface area (Å²) in [6, 6.07) is 9.55. The first kappa shape index (κ1) is 30.9. The van der Waals surface area contributed by atoms with Gasteiger partial charge in [0.2, 0.25) is 5.91 Å². The summed E-state index contributed by atoms with van der Waals surface area (Å²) >= 11 is 13.6. The van der Waals surface area contributed by atoms with E-state index in [-0.39, 0.29) is 41.8 Å². The number of hydrogen-bond donors (Lipinski definition) is 0. The van der Waals surface area contributed by atoms with Gasteiger partial charge in [0.1, 0.15) is 11.3 Å². The summed E-state index contributed by atoms with van der Waals surface area (Å²) in [6.45, 7) is 4.43. The van der Waals surface area contributed by atoms with E-state index in [1.807, 2.05) is 0 Å². The van der Waals surface area contributed by atoms with Crippen molar-refractivity contribution in [3.8, 4) is 5.75 Å². The van der Waals surface area contributed by atoms with E-state index < -0.39 is 9.84 Å². The molecule has 3 aromatic rings. The van der Waals surface area contributed by atoms with Crippen LogP contribution in [0, 0.1) is 0 Å². The van der Waals surface area contributed by atoms with Gasteiger partial charge < -0.3 is 9.47 Å². The van der Waals surface area contributed by atoms with Crippen LogP contribution in [0.15, 0.2) is 41.3 Å². The van der Waals surface area contributed by atoms with E-state index in [0.29, 0.717) is 46.2 Å². The smallest absolute Gasteiger partial charge is 0.228 e. The standard InChI is InChI=1S/C25H29Cl2N3O5S2.ClH/c1-34-21-10-9-20(27)24-23(21)28-25(36-24)30(12-3-11-29-13-15-35-16-14-29)22(31)4-2-17-37(32,33)19-7-5-18(26)6-8-19;/h5-10H,2-4,11-17H2,1H3;1H. The molecular formula is C25H30Cl3N3O5S2. The van der Waals surface area contributed by atoms with Gasteiger partial charge in [-0.25, -0.2) is 13.4 Å². The molecule has 1 amide bonds. The molecule has 0 N–H and O–H groups in total. The van der Waals surface area contributed by atoms with Crippen molar-refractivity contribution in [2.75, 3.05) is 57.2 Å². The second-order valence-electron chi connectivity index (χ2n) is 8.65. The molecule has 208 valence electrons. The third-order valence-corrected chi connectivity index (χ3v) is 9.74. The molecule has 0 aliphatic carbocycles. The van der Waals surface area contributed by atoms with E-state index in [0.717, 1.165) is 30.8 Å². The van der Waals surface area contributed by atoms with Crippen LogP contribution in [0.2, 0.25) is 10.0 Å². The quantitative estimate of drug-likeness (QED) is 0.285. The lowest BCUT2D eigenvalue weighted by atomic mass is 10.2. The fourth-order valence-corrected chi connectivity index (χ4v) is 6.87. The normalized spacial score (nSPS) is 14.3. The van der Waals surface area contributed by atoms with Gasteiger partial charge in [0, 0.05) is 37.6 Å². The Morgan fingerprint density at radius 2 is 1.84 bits per heavy atom. The van der Waals surface area contributed by atoms with Crippen LogP contribution in [0.5, 0.6) is 5.75 Å². The van der Waals surface area contributed by atoms with Gasteiger partial charge in [-0.3, -0.25) is 14.6 Å². The van der Waals surface area contributed by atoms with E-state index >= 15 is 0 Å². The average Bonchev–Trinajstić information content (AvgIpc) is 3.33. The number of benzene rings is 2. The highest BCUT2D eigenvalue weighted by molar-refractivity contribution is 7.91. The lowest BCUT2D eigenvalue weighted by molar-refractivity contribution is -0.118. The summed E-state index contributed by atoms with van der Waals surface area (Å²) in [4.78, 5) is 22.2. The zero-order valence-electron chi connectivity index (χ0n) is 20.9. The zero-order chi connectivity index (χ0) is 26.4. The van der Waals surface area contributed by atoms with Crippen LogP contribution in [0.3, 0.4) is 0 Å². The number of halogens is 3. The van der Waals surface area contributed by atoms with Crippen molar-refractivity contribution >= 4 is 78.0 Å². The van der Waals surface area contributed by atoms with Crippen LogP contribution < -0.4 is 9.64 Å². The van der Waals surface area contributed by atoms with Gasteiger partial charge in [-0.2, -0.15) is 0 Å². The number of aromatic nitrogens is 1. The molecule has 8 nitrogen and oxygen atoms in total. The minimum Gasteiger partial charge on any atom is -0.494 e. The number of sulfone groups is 1. The second kappa shape index (κ2) is 14.1. The number of nitrogens with zero attached hydrogens (tertiary/aromatic N) is 3. The number of morpholine rings is 1. The van der Waals surface area contributed by atoms with Crippen molar-refractivity contribution < 1.29 is 22.7 Å². The van der Waals surface area contributed by atoms with Crippen molar-refractivity contribution in [2.45, 2.75) is 24.2 Å². The zero-order valence-corrected chi connectivity index (χ0v) is 24.9. The molecule has 1 aromatic heterocycles. The second-order valence-corrected chi connectivity index (χ2v) is 12.6. The molecule has 0 saturated carbocycles. The molecule has 1 aliphatic heterocycles. The number of anilines is 1. The van der Waals surface area contributed by atoms with Gasteiger partial charge in [0.05, 0.1) is 40.7 Å². The van der Waals surface area contributed by atoms with E-state index in [4.69, 9.17) is 37.7 Å². The van der Waals surface area contributed by atoms with Crippen molar-refractivity contribution in [3.63, 3.8) is 0 Å². The minimum absolute atomic E-state index is 0. The Labute approximate surface area is 243 Å². The Hall–Kier alpha value is -1.66. The number of carbonyl (C=O) groups is 1. The first-order valence-electron chi connectivity index (χ1n) is 12.0. The van der Waals surface area contributed by atoms with Gasteiger partial charge in [0.15, 0.2) is 15.0 Å². The molecule has 0 bridgehead atoms. The Morgan fingerprint density at radius 1 is 1.13 bits per heavy atom. The third-order valence-electron chi connectivity index (χ3n) is 6.14. The number of ether oxygens (including phenoxy) is 2. The predicted octanol–water partition coefficient (Wildman–Crippen LogP) is 5.34. The first-order valence-corrected chi connectivity index (χ1v) is 15.2. The molecule has 2 heterocycles. The number of fused-ring (bicyclic) bond motifs is 1. The maximum Gasteiger partial charge on any atom is 0.228 e. The number of thiazole rings is 1. The average molecular weight is 623 g/mol. The summed E-state index contributed by atoms with van der Waals surface area (Å²) < 4.78 is 37.0. The summed E-state index contributed by atoms with van der Waals surface area (Å²) in [5.41, 5.74) is 0.603. The van der Waals surface area contributed by atoms with E-state index in [2.05, 4.69) is 4.90 Å². The Balaban J connectivity index is 0.00000400. The topological polar surface area (TPSA) is 89.0 Å². The van der Waals surface area contributed by atoms with Crippen LogP contribution in [0.4, 0.5) is 5.13 Å². The highest BCUT2D eigenvalue weighted by Gasteiger charge is 2.23. The van der Waals surface area contributed by atoms with Gasteiger partial charge in [-0.15, -0.1) is 12.4 Å². The van der Waals surface area contributed by atoms with Crippen LogP contribution >= 0.6 is 46.9 Å². The lowest BCUT2D eigenvalue weighted by Gasteiger charge is -2.27. The molecular weight excluding hydrogens is 593 g/mol. The third kappa shape index (κ3) is 7.71. The monoisotopic (exact) mass is 621 g/mol. The fraction of sp³-hybridized carbons (Fsp3) is 0.440. The van der Waals surface area contributed by atoms with E-state index in [1.54, 1.807) is 36.3 Å². The molecule has 0 spiro atoms. The first-order chi connectivity index (χ1) is 17.8. The summed E-state index contributed by atoms with van der Waals surface area (Å²) in [5.74, 6) is 0.265. The van der Waals surface area contributed by atoms with Crippen LogP contribution in [0.1, 0.15) is 19.3 Å². The maximum atomic E-state index is 13.4. The van der Waals surface area contributed by atoms with Crippen molar-refractivity contribution in [3.05, 3.63) is 46.4 Å². The summed E-state index contributed by atoms with van der Waals surface area (Å²) in [5, 5.41) is 1.53. The summed E-state index contributed by atoms with van der Waals surface area (Å²) in [7, 11) is -1.96. The number of amides is 1. The molecule has 4 rings (SSSR count). The number of rotatable bonds is 11. The molecule has 0 atom stereocenters. The van der Waals surface area contributed by atoms with Crippen molar-refractivity contribution in [1.82, 2.24) is 9.88 Å². The number of hydrogen-bond acceptors (Lipinski definition) is 8. The molecule has 38 heavy (non-hydrogen) atoms. The Morgan fingerprint density at radius 3 is 2.53 bits per heavy atom. The lowest BCUT2D eigenvalue weighted by Crippen LogP contribution is -2.39. The van der Waals surface area contributed by atoms with Crippen molar-refractivity contribution in [2.24, 2.45) is 0 Å². The van der Waals surface area contributed by atoms with Crippen LogP contribution in [-0.2, 0) is 19.4 Å². The molecule has 0 unspecified atom stereocenters. The van der Waals surface area contributed by atoms with Gasteiger partial charge in [0.25, 0.3) is 0 Å². The predicted molar refractivity (Wildman–Crippen MR) is 155 cm³/mol. The van der Waals surface area contributed by atoms with Gasteiger partial charge in [-0.1, -0.05) is 34.5 Å². The largest absolute Gasteiger partial charge is 0.494 e. The summed E-state index contributed by atoms with van der Waals surface area (Å²) in [6.07, 6.45) is 1.01. The Kier molecular flexibility index (Phi) is 11.5. The molecule has 13 heteroatoms. The van der Waals surface area contributed by atoms with Gasteiger partial charge >= 0.3 is 0 Å². The fourth-order valence-electron chi connectivity index (χ4n) is 4.13. The number of carbonyl (C=O) groups excluding carboxylic acids is 1. The Bertz CT molecular complexity index is 1330. The maximum absolute atomic E-state index is 13.4. The van der Waals surface area contributed by atoms with Crippen molar-refractivity contribution in [1.29, 1.82) is 0 Å². The number of methoxy groups -OCH3 is 1. The molecule has 1 saturated heterocycles. The van der Waals surface area contributed by atoms with Crippen LogP contribution in [-0.4, -0.2) is 76.5 Å². The van der Waals surface area contributed by atoms with E-state index in [9.17, 15) is 13.2 Å². The molecule has 1 fully saturated rings. The van der Waals surface area contributed by atoms with Gasteiger partial charge in [-0.05, 0) is 49.2 Å². The molecule has 1 aliphatic rings. The molecule has 0 radical (unpaired) electrons. The highest BCUT2D eigenvalue weighted by Crippen LogP contribution is 2.39. The van der Waals surface area contributed by atoms with E-state index in [1.165, 1.54) is 23.5 Å².